The van der Waals surface area contributed by atoms with E-state index < -0.39 is 5.91 Å². The van der Waals surface area contributed by atoms with Crippen molar-refractivity contribution in [3.63, 3.8) is 0 Å². The third-order valence-electron chi connectivity index (χ3n) is 2.79. The van der Waals surface area contributed by atoms with Crippen LogP contribution < -0.4 is 5.43 Å². The van der Waals surface area contributed by atoms with Gasteiger partial charge < -0.3 is 5.11 Å². The fourth-order valence-corrected chi connectivity index (χ4v) is 2.08. The summed E-state index contributed by atoms with van der Waals surface area (Å²) in [5, 5.41) is 14.0. The smallest absolute Gasteiger partial charge is 0.275 e. The highest BCUT2D eigenvalue weighted by Crippen LogP contribution is 2.21. The third kappa shape index (κ3) is 4.06. The van der Waals surface area contributed by atoms with Gasteiger partial charge >= 0.3 is 0 Å². The Bertz CT molecular complexity index is 699. The van der Waals surface area contributed by atoms with Gasteiger partial charge in [0.2, 0.25) is 0 Å². The van der Waals surface area contributed by atoms with E-state index in [4.69, 9.17) is 11.6 Å². The molecule has 0 aromatic heterocycles. The lowest BCUT2D eigenvalue weighted by Gasteiger charge is -2.05. The van der Waals surface area contributed by atoms with E-state index >= 15 is 0 Å². The lowest BCUT2D eigenvalue weighted by molar-refractivity contribution is 0.0952. The van der Waals surface area contributed by atoms with Gasteiger partial charge in [0.25, 0.3) is 5.91 Å². The van der Waals surface area contributed by atoms with Gasteiger partial charge in [-0.3, -0.25) is 4.79 Å². The SMILES string of the molecule is CC(=NNC(=O)c1cc(Cl)ccc1O)c1ccc(Br)cc1. The first kappa shape index (κ1) is 15.5. The summed E-state index contributed by atoms with van der Waals surface area (Å²) >= 11 is 9.16. The normalized spacial score (nSPS) is 11.3. The van der Waals surface area contributed by atoms with Crippen molar-refractivity contribution in [1.82, 2.24) is 5.43 Å². The van der Waals surface area contributed by atoms with Crippen LogP contribution >= 0.6 is 27.5 Å². The van der Waals surface area contributed by atoms with Gasteiger partial charge in [-0.2, -0.15) is 5.10 Å². The van der Waals surface area contributed by atoms with Crippen LogP contribution in [0.2, 0.25) is 5.02 Å². The van der Waals surface area contributed by atoms with E-state index in [2.05, 4.69) is 26.5 Å². The zero-order valence-corrected chi connectivity index (χ0v) is 13.4. The van der Waals surface area contributed by atoms with Gasteiger partial charge in [0, 0.05) is 9.50 Å². The second-order valence-electron chi connectivity index (χ2n) is 4.31. The van der Waals surface area contributed by atoms with Gasteiger partial charge in [-0.1, -0.05) is 39.7 Å². The number of phenols is 1. The van der Waals surface area contributed by atoms with Crippen molar-refractivity contribution in [2.24, 2.45) is 5.10 Å². The molecule has 0 radical (unpaired) electrons. The maximum absolute atomic E-state index is 12.0. The standard InChI is InChI=1S/C15H12BrClN2O2/c1-9(10-2-4-11(16)5-3-10)18-19-15(21)13-8-12(17)6-7-14(13)20/h2-8,20H,1H3,(H,19,21). The van der Waals surface area contributed by atoms with Crippen molar-refractivity contribution in [1.29, 1.82) is 0 Å². The number of rotatable bonds is 3. The molecule has 6 heteroatoms. The minimum absolute atomic E-state index is 0.0786. The van der Waals surface area contributed by atoms with Crippen LogP contribution in [0.5, 0.6) is 5.75 Å². The van der Waals surface area contributed by atoms with E-state index in [1.54, 1.807) is 6.92 Å². The molecule has 0 fully saturated rings. The summed E-state index contributed by atoms with van der Waals surface area (Å²) in [5.74, 6) is -0.667. The van der Waals surface area contributed by atoms with E-state index in [0.717, 1.165) is 10.0 Å². The molecule has 0 unspecified atom stereocenters. The van der Waals surface area contributed by atoms with Gasteiger partial charge in [0.1, 0.15) is 5.75 Å². The minimum Gasteiger partial charge on any atom is -0.507 e. The molecule has 0 bridgehead atoms. The first-order valence-electron chi connectivity index (χ1n) is 6.06. The zero-order chi connectivity index (χ0) is 15.4. The Morgan fingerprint density at radius 2 is 1.90 bits per heavy atom. The van der Waals surface area contributed by atoms with Crippen LogP contribution in [0.1, 0.15) is 22.8 Å². The number of carbonyl (C=O) groups is 1. The maximum Gasteiger partial charge on any atom is 0.275 e. The second-order valence-corrected chi connectivity index (χ2v) is 5.66. The number of nitrogens with zero attached hydrogens (tertiary/aromatic N) is 1. The molecular formula is C15H12BrClN2O2. The van der Waals surface area contributed by atoms with Crippen LogP contribution in [0.15, 0.2) is 52.0 Å². The monoisotopic (exact) mass is 366 g/mol. The summed E-state index contributed by atoms with van der Waals surface area (Å²) in [6, 6.07) is 11.8. The molecule has 2 aromatic carbocycles. The molecule has 0 aliphatic carbocycles. The third-order valence-corrected chi connectivity index (χ3v) is 3.55. The highest BCUT2D eigenvalue weighted by atomic mass is 79.9. The lowest BCUT2D eigenvalue weighted by Crippen LogP contribution is -2.19. The molecule has 0 saturated heterocycles. The molecule has 108 valence electrons. The number of carbonyl (C=O) groups excluding carboxylic acids is 1. The van der Waals surface area contributed by atoms with Crippen LogP contribution in [0.25, 0.3) is 0 Å². The highest BCUT2D eigenvalue weighted by Gasteiger charge is 2.11. The summed E-state index contributed by atoms with van der Waals surface area (Å²) in [4.78, 5) is 12.0. The van der Waals surface area contributed by atoms with Gasteiger partial charge in [-0.15, -0.1) is 0 Å². The molecule has 0 aliphatic rings. The van der Waals surface area contributed by atoms with E-state index in [0.29, 0.717) is 10.7 Å². The Hall–Kier alpha value is -1.85. The van der Waals surface area contributed by atoms with E-state index in [1.165, 1.54) is 18.2 Å². The molecule has 0 aliphatic heterocycles. The number of hydrazone groups is 1. The van der Waals surface area contributed by atoms with Gasteiger partial charge in [-0.05, 0) is 42.8 Å². The van der Waals surface area contributed by atoms with Crippen molar-refractivity contribution in [3.8, 4) is 5.75 Å². The van der Waals surface area contributed by atoms with Crippen molar-refractivity contribution >= 4 is 39.1 Å². The molecular weight excluding hydrogens is 356 g/mol. The van der Waals surface area contributed by atoms with Crippen molar-refractivity contribution < 1.29 is 9.90 Å². The number of benzene rings is 2. The average molecular weight is 368 g/mol. The van der Waals surface area contributed by atoms with Crippen molar-refractivity contribution in [2.75, 3.05) is 0 Å². The molecule has 4 nitrogen and oxygen atoms in total. The largest absolute Gasteiger partial charge is 0.507 e. The molecule has 0 saturated carbocycles. The topological polar surface area (TPSA) is 61.7 Å². The number of halogens is 2. The summed E-state index contributed by atoms with van der Waals surface area (Å²) < 4.78 is 0.965. The Balaban J connectivity index is 2.14. The van der Waals surface area contributed by atoms with Gasteiger partial charge in [-0.25, -0.2) is 5.43 Å². The number of hydrogen-bond acceptors (Lipinski definition) is 3. The van der Waals surface area contributed by atoms with Crippen LogP contribution in [0.3, 0.4) is 0 Å². The first-order valence-corrected chi connectivity index (χ1v) is 7.23. The predicted octanol–water partition coefficient (Wildman–Crippen LogP) is 3.96. The number of amides is 1. The van der Waals surface area contributed by atoms with Gasteiger partial charge in [0.05, 0.1) is 11.3 Å². The Morgan fingerprint density at radius 3 is 2.57 bits per heavy atom. The summed E-state index contributed by atoms with van der Waals surface area (Å²) in [6.45, 7) is 1.78. The Labute approximate surface area is 135 Å². The van der Waals surface area contributed by atoms with Crippen molar-refractivity contribution in [2.45, 2.75) is 6.92 Å². The van der Waals surface area contributed by atoms with E-state index in [9.17, 15) is 9.90 Å². The van der Waals surface area contributed by atoms with Gasteiger partial charge in [0.15, 0.2) is 0 Å². The summed E-state index contributed by atoms with van der Waals surface area (Å²) in [5.41, 5.74) is 4.01. The molecule has 2 aromatic rings. The van der Waals surface area contributed by atoms with E-state index in [1.807, 2.05) is 24.3 Å². The molecule has 0 heterocycles. The quantitative estimate of drug-likeness (QED) is 0.637. The van der Waals surface area contributed by atoms with Crippen LogP contribution in [0.4, 0.5) is 0 Å². The van der Waals surface area contributed by atoms with E-state index in [-0.39, 0.29) is 11.3 Å². The number of nitrogens with one attached hydrogen (secondary N) is 1. The van der Waals surface area contributed by atoms with Crippen molar-refractivity contribution in [3.05, 3.63) is 63.1 Å². The van der Waals surface area contributed by atoms with Crippen LogP contribution in [-0.4, -0.2) is 16.7 Å². The molecule has 2 rings (SSSR count). The molecule has 1 amide bonds. The molecule has 0 atom stereocenters. The van der Waals surface area contributed by atoms with Crippen LogP contribution in [0, 0.1) is 0 Å². The minimum atomic E-state index is -0.522. The number of hydrogen-bond donors (Lipinski definition) is 2. The first-order chi connectivity index (χ1) is 9.97. The van der Waals surface area contributed by atoms with Crippen LogP contribution in [-0.2, 0) is 0 Å². The molecule has 21 heavy (non-hydrogen) atoms. The second kappa shape index (κ2) is 6.74. The highest BCUT2D eigenvalue weighted by molar-refractivity contribution is 9.10. The zero-order valence-electron chi connectivity index (χ0n) is 11.1. The summed E-state index contributed by atoms with van der Waals surface area (Å²) in [7, 11) is 0. The average Bonchev–Trinajstić information content (AvgIpc) is 2.47. The molecule has 0 spiro atoms. The fourth-order valence-electron chi connectivity index (χ4n) is 1.64. The maximum atomic E-state index is 12.0. The Kier molecular flexibility index (Phi) is 4.98. The number of phenolic OH excluding ortho intramolecular Hbond substituents is 1. The summed E-state index contributed by atoms with van der Waals surface area (Å²) in [6.07, 6.45) is 0. The molecule has 2 N–H and O–H groups in total. The predicted molar refractivity (Wildman–Crippen MR) is 86.9 cm³/mol. The lowest BCUT2D eigenvalue weighted by atomic mass is 10.1. The number of aromatic hydroxyl groups is 1. The fraction of sp³-hybridized carbons (Fsp3) is 0.0667. The Morgan fingerprint density at radius 1 is 1.24 bits per heavy atom.